The molecule has 0 aromatic heterocycles. The van der Waals surface area contributed by atoms with E-state index in [1.807, 2.05) is 6.08 Å². The first-order valence-electron chi connectivity index (χ1n) is 11.2. The van der Waals surface area contributed by atoms with Crippen molar-refractivity contribution in [1.82, 2.24) is 0 Å². The molecule has 174 valence electrons. The van der Waals surface area contributed by atoms with Gasteiger partial charge in [-0.25, -0.2) is 0 Å². The van der Waals surface area contributed by atoms with Gasteiger partial charge in [0.2, 0.25) is 0 Å². The maximum atomic E-state index is 12.8. The standard InChI is InChI=1S/C25H29F4NO2/c26-22(16-30)3-1-2-18-6-12-23(13-7-18)31-17-19-4-8-20(9-5-19)21-10-14-24(15-11-21)32-25(27,28)29/h1-3,10-11,14-15,18-20,23H,4-9,12-13,17H2/b2-1+,22-3-. The summed E-state index contributed by atoms with van der Waals surface area (Å²) in [6.45, 7) is 0.756. The smallest absolute Gasteiger partial charge is 0.406 e. The first-order valence-corrected chi connectivity index (χ1v) is 11.2. The topological polar surface area (TPSA) is 42.2 Å². The van der Waals surface area contributed by atoms with Crippen LogP contribution in [0.3, 0.4) is 0 Å². The summed E-state index contributed by atoms with van der Waals surface area (Å²) in [5, 5.41) is 8.41. The summed E-state index contributed by atoms with van der Waals surface area (Å²) < 4.78 is 59.8. The number of allylic oxidation sites excluding steroid dienone is 4. The zero-order chi connectivity index (χ0) is 23.0. The van der Waals surface area contributed by atoms with Gasteiger partial charge >= 0.3 is 6.36 Å². The fourth-order valence-electron chi connectivity index (χ4n) is 4.66. The third-order valence-corrected chi connectivity index (χ3v) is 6.45. The number of rotatable bonds is 7. The van der Waals surface area contributed by atoms with Crippen LogP contribution in [0.5, 0.6) is 5.75 Å². The molecule has 32 heavy (non-hydrogen) atoms. The number of hydrogen-bond acceptors (Lipinski definition) is 3. The van der Waals surface area contributed by atoms with E-state index in [0.29, 0.717) is 17.8 Å². The normalized spacial score (nSPS) is 27.3. The lowest BCUT2D eigenvalue weighted by Gasteiger charge is -2.32. The average molecular weight is 452 g/mol. The predicted octanol–water partition coefficient (Wildman–Crippen LogP) is 7.37. The molecule has 3 rings (SSSR count). The first kappa shape index (κ1) is 24.3. The van der Waals surface area contributed by atoms with Crippen molar-refractivity contribution in [2.45, 2.75) is 69.8 Å². The van der Waals surface area contributed by atoms with Crippen LogP contribution in [0.4, 0.5) is 17.6 Å². The second kappa shape index (κ2) is 11.5. The quantitative estimate of drug-likeness (QED) is 0.247. The summed E-state index contributed by atoms with van der Waals surface area (Å²) in [7, 11) is 0. The summed E-state index contributed by atoms with van der Waals surface area (Å²) in [4.78, 5) is 0. The lowest BCUT2D eigenvalue weighted by Crippen LogP contribution is -2.25. The third-order valence-electron chi connectivity index (χ3n) is 6.45. The minimum Gasteiger partial charge on any atom is -0.406 e. The Labute approximate surface area is 186 Å². The number of benzene rings is 1. The number of alkyl halides is 3. The molecule has 0 heterocycles. The van der Waals surface area contributed by atoms with Crippen molar-refractivity contribution in [3.05, 3.63) is 53.9 Å². The Morgan fingerprint density at radius 3 is 2.25 bits per heavy atom. The van der Waals surface area contributed by atoms with Crippen LogP contribution in [-0.2, 0) is 4.74 Å². The third kappa shape index (κ3) is 7.98. The number of nitrogens with zero attached hydrogens (tertiary/aromatic N) is 1. The van der Waals surface area contributed by atoms with Crippen molar-refractivity contribution in [3.63, 3.8) is 0 Å². The lowest BCUT2D eigenvalue weighted by atomic mass is 9.79. The SMILES string of the molecule is N#C/C(F)=C/C=C/C1CCC(OCC2CCC(c3ccc(OC(F)(F)F)cc3)CC2)CC1. The average Bonchev–Trinajstić information content (AvgIpc) is 2.78. The molecule has 0 radical (unpaired) electrons. The van der Waals surface area contributed by atoms with Gasteiger partial charge < -0.3 is 9.47 Å². The van der Waals surface area contributed by atoms with Crippen LogP contribution in [0.15, 0.2) is 48.3 Å². The molecular weight excluding hydrogens is 422 g/mol. The van der Waals surface area contributed by atoms with Gasteiger partial charge in [0.15, 0.2) is 5.83 Å². The Hall–Kier alpha value is -2.33. The van der Waals surface area contributed by atoms with Gasteiger partial charge in [-0.05, 0) is 92.9 Å². The van der Waals surface area contributed by atoms with Gasteiger partial charge in [-0.15, -0.1) is 13.2 Å². The molecule has 1 aromatic rings. The fourth-order valence-corrected chi connectivity index (χ4v) is 4.66. The van der Waals surface area contributed by atoms with E-state index in [-0.39, 0.29) is 11.9 Å². The van der Waals surface area contributed by atoms with Crippen LogP contribution >= 0.6 is 0 Å². The highest BCUT2D eigenvalue weighted by Crippen LogP contribution is 2.37. The summed E-state index contributed by atoms with van der Waals surface area (Å²) in [5.41, 5.74) is 1.06. The molecule has 0 N–H and O–H groups in total. The Morgan fingerprint density at radius 2 is 1.66 bits per heavy atom. The molecule has 0 saturated heterocycles. The summed E-state index contributed by atoms with van der Waals surface area (Å²) >= 11 is 0. The van der Waals surface area contributed by atoms with Gasteiger partial charge in [-0.2, -0.15) is 9.65 Å². The highest BCUT2D eigenvalue weighted by molar-refractivity contribution is 5.30. The monoisotopic (exact) mass is 451 g/mol. The van der Waals surface area contributed by atoms with Gasteiger partial charge in [0, 0.05) is 6.61 Å². The van der Waals surface area contributed by atoms with Crippen LogP contribution in [0.1, 0.15) is 62.8 Å². The molecule has 2 aliphatic rings. The number of hydrogen-bond donors (Lipinski definition) is 0. The Morgan fingerprint density at radius 1 is 1.00 bits per heavy atom. The first-order chi connectivity index (χ1) is 15.3. The molecule has 0 spiro atoms. The molecule has 0 aliphatic heterocycles. The minimum atomic E-state index is -4.66. The maximum Gasteiger partial charge on any atom is 0.573 e. The molecule has 0 amide bonds. The van der Waals surface area contributed by atoms with E-state index in [0.717, 1.165) is 63.5 Å². The van der Waals surface area contributed by atoms with Crippen LogP contribution in [0, 0.1) is 23.2 Å². The molecule has 0 atom stereocenters. The van der Waals surface area contributed by atoms with Crippen molar-refractivity contribution in [3.8, 4) is 11.8 Å². The van der Waals surface area contributed by atoms with E-state index < -0.39 is 12.2 Å². The maximum absolute atomic E-state index is 12.8. The second-order valence-electron chi connectivity index (χ2n) is 8.72. The van der Waals surface area contributed by atoms with E-state index in [1.54, 1.807) is 18.2 Å². The highest BCUT2D eigenvalue weighted by Gasteiger charge is 2.31. The van der Waals surface area contributed by atoms with Gasteiger partial charge in [0.1, 0.15) is 11.8 Å². The minimum absolute atomic E-state index is 0.181. The molecule has 7 heteroatoms. The van der Waals surface area contributed by atoms with Crippen molar-refractivity contribution < 1.29 is 27.0 Å². The highest BCUT2D eigenvalue weighted by atomic mass is 19.4. The Bertz CT molecular complexity index is 810. The van der Waals surface area contributed by atoms with Crippen molar-refractivity contribution >= 4 is 0 Å². The second-order valence-corrected chi connectivity index (χ2v) is 8.72. The van der Waals surface area contributed by atoms with Crippen LogP contribution in [0.25, 0.3) is 0 Å². The van der Waals surface area contributed by atoms with E-state index in [2.05, 4.69) is 4.74 Å². The zero-order valence-electron chi connectivity index (χ0n) is 18.0. The van der Waals surface area contributed by atoms with E-state index in [4.69, 9.17) is 10.00 Å². The number of halogens is 4. The Balaban J connectivity index is 1.34. The van der Waals surface area contributed by atoms with Crippen LogP contribution in [-0.4, -0.2) is 19.1 Å². The van der Waals surface area contributed by atoms with Crippen LogP contribution < -0.4 is 4.74 Å². The molecule has 0 bridgehead atoms. The van der Waals surface area contributed by atoms with Gasteiger partial charge in [-0.1, -0.05) is 24.3 Å². The molecule has 0 unspecified atom stereocenters. The van der Waals surface area contributed by atoms with E-state index in [9.17, 15) is 17.6 Å². The summed E-state index contributed by atoms with van der Waals surface area (Å²) in [5.74, 6) is 0.338. The fraction of sp³-hybridized carbons (Fsp3) is 0.560. The summed E-state index contributed by atoms with van der Waals surface area (Å²) in [6, 6.07) is 7.71. The van der Waals surface area contributed by atoms with Crippen molar-refractivity contribution in [2.24, 2.45) is 11.8 Å². The van der Waals surface area contributed by atoms with Gasteiger partial charge in [0.05, 0.1) is 6.10 Å². The molecular formula is C25H29F4NO2. The molecule has 1 aromatic carbocycles. The Kier molecular flexibility index (Phi) is 8.75. The van der Waals surface area contributed by atoms with E-state index >= 15 is 0 Å². The zero-order valence-corrected chi connectivity index (χ0v) is 18.0. The number of nitriles is 1. The molecule has 2 saturated carbocycles. The van der Waals surface area contributed by atoms with Crippen molar-refractivity contribution in [1.29, 1.82) is 5.26 Å². The molecule has 2 aliphatic carbocycles. The van der Waals surface area contributed by atoms with Gasteiger partial charge in [0.25, 0.3) is 0 Å². The number of ether oxygens (including phenoxy) is 2. The lowest BCUT2D eigenvalue weighted by molar-refractivity contribution is -0.274. The van der Waals surface area contributed by atoms with Crippen LogP contribution in [0.2, 0.25) is 0 Å². The molecule has 2 fully saturated rings. The van der Waals surface area contributed by atoms with Crippen molar-refractivity contribution in [2.75, 3.05) is 6.61 Å². The van der Waals surface area contributed by atoms with E-state index in [1.165, 1.54) is 24.3 Å². The largest absolute Gasteiger partial charge is 0.573 e. The van der Waals surface area contributed by atoms with Gasteiger partial charge in [-0.3, -0.25) is 0 Å². The molecule has 3 nitrogen and oxygen atoms in total. The predicted molar refractivity (Wildman–Crippen MR) is 113 cm³/mol. The summed E-state index contributed by atoms with van der Waals surface area (Å²) in [6.07, 6.45) is 8.51.